The van der Waals surface area contributed by atoms with Crippen LogP contribution in [0.3, 0.4) is 0 Å². The van der Waals surface area contributed by atoms with Crippen LogP contribution in [0.2, 0.25) is 0 Å². The summed E-state index contributed by atoms with van der Waals surface area (Å²) in [6, 6.07) is 4.18. The van der Waals surface area contributed by atoms with Gasteiger partial charge in [-0.2, -0.15) is 0 Å². The number of carbonyl (C=O) groups excluding carboxylic acids is 1. The van der Waals surface area contributed by atoms with Gasteiger partial charge in [0.15, 0.2) is 0 Å². The van der Waals surface area contributed by atoms with Gasteiger partial charge < -0.3 is 10.5 Å². The molecule has 16 heavy (non-hydrogen) atoms. The van der Waals surface area contributed by atoms with Gasteiger partial charge in [-0.15, -0.1) is 0 Å². The predicted octanol–water partition coefficient (Wildman–Crippen LogP) is 2.33. The summed E-state index contributed by atoms with van der Waals surface area (Å²) < 4.78 is 18.0. The number of nitrogens with two attached hydrogens (primary N) is 1. The lowest BCUT2D eigenvalue weighted by molar-refractivity contribution is -0.141. The zero-order valence-electron chi connectivity index (χ0n) is 9.09. The molecule has 0 spiro atoms. The summed E-state index contributed by atoms with van der Waals surface area (Å²) >= 11 is 3.22. The fourth-order valence-corrected chi connectivity index (χ4v) is 2.22. The Labute approximate surface area is 102 Å². The SMILES string of the molecule is COC(=O)CC(C)(N)c1ccc(F)cc1Br. The first-order chi connectivity index (χ1) is 7.36. The van der Waals surface area contributed by atoms with Gasteiger partial charge in [-0.25, -0.2) is 4.39 Å². The molecule has 0 aromatic heterocycles. The third kappa shape index (κ3) is 3.02. The van der Waals surface area contributed by atoms with Crippen LogP contribution in [0.15, 0.2) is 22.7 Å². The second-order valence-corrected chi connectivity index (χ2v) is 4.65. The number of benzene rings is 1. The fourth-order valence-electron chi connectivity index (χ4n) is 1.42. The van der Waals surface area contributed by atoms with E-state index in [4.69, 9.17) is 5.73 Å². The molecule has 0 heterocycles. The van der Waals surface area contributed by atoms with Crippen LogP contribution in [0.1, 0.15) is 18.9 Å². The smallest absolute Gasteiger partial charge is 0.307 e. The van der Waals surface area contributed by atoms with Crippen LogP contribution in [-0.4, -0.2) is 13.1 Å². The molecule has 1 rings (SSSR count). The van der Waals surface area contributed by atoms with Crippen molar-refractivity contribution in [2.24, 2.45) is 5.73 Å². The van der Waals surface area contributed by atoms with E-state index in [-0.39, 0.29) is 12.2 Å². The highest BCUT2D eigenvalue weighted by Crippen LogP contribution is 2.29. The molecule has 0 saturated heterocycles. The first kappa shape index (κ1) is 13.1. The molecule has 0 aliphatic rings. The van der Waals surface area contributed by atoms with Crippen LogP contribution in [-0.2, 0) is 15.1 Å². The molecule has 0 aliphatic carbocycles. The summed E-state index contributed by atoms with van der Waals surface area (Å²) in [6.45, 7) is 1.70. The number of halogens is 2. The Morgan fingerprint density at radius 3 is 2.75 bits per heavy atom. The van der Waals surface area contributed by atoms with Crippen molar-refractivity contribution in [3.63, 3.8) is 0 Å². The number of methoxy groups -OCH3 is 1. The quantitative estimate of drug-likeness (QED) is 0.869. The number of hydrogen-bond donors (Lipinski definition) is 1. The molecule has 0 saturated carbocycles. The minimum absolute atomic E-state index is 0.0354. The number of ether oxygens (including phenoxy) is 1. The monoisotopic (exact) mass is 289 g/mol. The first-order valence-corrected chi connectivity index (χ1v) is 5.47. The van der Waals surface area contributed by atoms with Crippen LogP contribution in [0.5, 0.6) is 0 Å². The molecule has 2 N–H and O–H groups in total. The van der Waals surface area contributed by atoms with Gasteiger partial charge in [0.25, 0.3) is 0 Å². The molecule has 88 valence electrons. The molecule has 0 radical (unpaired) electrons. The van der Waals surface area contributed by atoms with E-state index >= 15 is 0 Å². The second-order valence-electron chi connectivity index (χ2n) is 3.79. The van der Waals surface area contributed by atoms with Gasteiger partial charge in [0.2, 0.25) is 0 Å². The minimum atomic E-state index is -0.889. The van der Waals surface area contributed by atoms with Crippen LogP contribution < -0.4 is 5.73 Å². The molecular formula is C11H13BrFNO2. The first-order valence-electron chi connectivity index (χ1n) is 4.68. The normalized spacial score (nSPS) is 14.3. The second kappa shape index (κ2) is 4.93. The van der Waals surface area contributed by atoms with Crippen molar-refractivity contribution in [2.45, 2.75) is 18.9 Å². The lowest BCUT2D eigenvalue weighted by Gasteiger charge is -2.25. The van der Waals surface area contributed by atoms with E-state index in [0.29, 0.717) is 10.0 Å². The maximum atomic E-state index is 12.9. The van der Waals surface area contributed by atoms with Gasteiger partial charge in [0, 0.05) is 10.0 Å². The average Bonchev–Trinajstić information content (AvgIpc) is 2.16. The molecule has 0 fully saturated rings. The Balaban J connectivity index is 3.02. The highest BCUT2D eigenvalue weighted by molar-refractivity contribution is 9.10. The molecule has 1 aromatic carbocycles. The van der Waals surface area contributed by atoms with Gasteiger partial charge in [-0.3, -0.25) is 4.79 Å². The van der Waals surface area contributed by atoms with Crippen LogP contribution in [0.25, 0.3) is 0 Å². The van der Waals surface area contributed by atoms with E-state index in [1.54, 1.807) is 13.0 Å². The van der Waals surface area contributed by atoms with Gasteiger partial charge in [0.1, 0.15) is 5.82 Å². The molecule has 0 bridgehead atoms. The van der Waals surface area contributed by atoms with E-state index in [1.807, 2.05) is 0 Å². The van der Waals surface area contributed by atoms with E-state index < -0.39 is 11.5 Å². The molecule has 3 nitrogen and oxygen atoms in total. The Bertz CT molecular complexity index is 407. The van der Waals surface area contributed by atoms with E-state index in [0.717, 1.165) is 0 Å². The molecule has 1 atom stereocenters. The summed E-state index contributed by atoms with van der Waals surface area (Å²) in [7, 11) is 1.30. The van der Waals surface area contributed by atoms with E-state index in [9.17, 15) is 9.18 Å². The highest BCUT2D eigenvalue weighted by atomic mass is 79.9. The molecule has 0 amide bonds. The minimum Gasteiger partial charge on any atom is -0.469 e. The van der Waals surface area contributed by atoms with Crippen molar-refractivity contribution in [3.05, 3.63) is 34.1 Å². The van der Waals surface area contributed by atoms with Crippen molar-refractivity contribution < 1.29 is 13.9 Å². The van der Waals surface area contributed by atoms with Crippen molar-refractivity contribution in [1.82, 2.24) is 0 Å². The van der Waals surface area contributed by atoms with Gasteiger partial charge >= 0.3 is 5.97 Å². The summed E-state index contributed by atoms with van der Waals surface area (Å²) in [5.41, 5.74) is 5.79. The zero-order chi connectivity index (χ0) is 12.3. The van der Waals surface area contributed by atoms with Gasteiger partial charge in [-0.1, -0.05) is 22.0 Å². The molecule has 1 unspecified atom stereocenters. The Hall–Kier alpha value is -0.940. The zero-order valence-corrected chi connectivity index (χ0v) is 10.7. The van der Waals surface area contributed by atoms with Crippen LogP contribution in [0, 0.1) is 5.82 Å². The van der Waals surface area contributed by atoms with Gasteiger partial charge in [-0.05, 0) is 24.6 Å². The lowest BCUT2D eigenvalue weighted by Crippen LogP contribution is -2.36. The predicted molar refractivity (Wildman–Crippen MR) is 62.3 cm³/mol. The summed E-state index contributed by atoms with van der Waals surface area (Å²) in [4.78, 5) is 11.2. The van der Waals surface area contributed by atoms with Gasteiger partial charge in [0.05, 0.1) is 13.5 Å². The van der Waals surface area contributed by atoms with Crippen LogP contribution in [0.4, 0.5) is 4.39 Å². The molecule has 1 aromatic rings. The standard InChI is InChI=1S/C11H13BrFNO2/c1-11(14,6-10(15)16-2)8-4-3-7(13)5-9(8)12/h3-5H,6,14H2,1-2H3. The number of esters is 1. The number of carbonyl (C=O) groups is 1. The number of hydrogen-bond acceptors (Lipinski definition) is 3. The maximum Gasteiger partial charge on any atom is 0.307 e. The Kier molecular flexibility index (Phi) is 4.04. The summed E-state index contributed by atoms with van der Waals surface area (Å²) in [6.07, 6.45) is 0.0354. The third-order valence-electron chi connectivity index (χ3n) is 2.29. The Morgan fingerprint density at radius 1 is 1.62 bits per heavy atom. The molecule has 0 aliphatic heterocycles. The third-order valence-corrected chi connectivity index (χ3v) is 2.94. The molecular weight excluding hydrogens is 277 g/mol. The van der Waals surface area contributed by atoms with Crippen LogP contribution >= 0.6 is 15.9 Å². The topological polar surface area (TPSA) is 52.3 Å². The average molecular weight is 290 g/mol. The largest absolute Gasteiger partial charge is 0.469 e. The van der Waals surface area contributed by atoms with Crippen molar-refractivity contribution in [2.75, 3.05) is 7.11 Å². The van der Waals surface area contributed by atoms with Crippen molar-refractivity contribution in [3.8, 4) is 0 Å². The highest BCUT2D eigenvalue weighted by Gasteiger charge is 2.27. The van der Waals surface area contributed by atoms with Crippen molar-refractivity contribution >= 4 is 21.9 Å². The van der Waals surface area contributed by atoms with Crippen molar-refractivity contribution in [1.29, 1.82) is 0 Å². The molecule has 5 heteroatoms. The Morgan fingerprint density at radius 2 is 2.25 bits per heavy atom. The summed E-state index contributed by atoms with van der Waals surface area (Å²) in [5.74, 6) is -0.759. The number of rotatable bonds is 3. The lowest BCUT2D eigenvalue weighted by atomic mass is 9.90. The summed E-state index contributed by atoms with van der Waals surface area (Å²) in [5, 5.41) is 0. The van der Waals surface area contributed by atoms with E-state index in [1.165, 1.54) is 19.2 Å². The fraction of sp³-hybridized carbons (Fsp3) is 0.364. The maximum absolute atomic E-state index is 12.9. The van der Waals surface area contributed by atoms with E-state index in [2.05, 4.69) is 20.7 Å².